The van der Waals surface area contributed by atoms with E-state index in [1.807, 2.05) is 0 Å². The van der Waals surface area contributed by atoms with Crippen molar-refractivity contribution in [1.29, 1.82) is 0 Å². The second-order valence-electron chi connectivity index (χ2n) is 5.42. The van der Waals surface area contributed by atoms with Crippen molar-refractivity contribution < 1.29 is 0 Å². The van der Waals surface area contributed by atoms with Gasteiger partial charge in [-0.15, -0.1) is 0 Å². The van der Waals surface area contributed by atoms with Crippen LogP contribution in [0.15, 0.2) is 24.3 Å². The van der Waals surface area contributed by atoms with Crippen LogP contribution in [0.5, 0.6) is 0 Å². The standard InChI is InChI=1S/C15H21N/c16-10-9-12-7-8-14(11-5-6-11)15-4-2-1-3-13(12)15/h1-4,11-12,14H,5-10,16H2. The van der Waals surface area contributed by atoms with E-state index in [1.165, 1.54) is 25.7 Å². The van der Waals surface area contributed by atoms with Crippen molar-refractivity contribution in [2.24, 2.45) is 11.7 Å². The summed E-state index contributed by atoms with van der Waals surface area (Å²) in [6.07, 6.45) is 6.83. The minimum atomic E-state index is 0.733. The predicted octanol–water partition coefficient (Wildman–Crippen LogP) is 3.41. The molecule has 2 aliphatic rings. The van der Waals surface area contributed by atoms with Crippen LogP contribution in [0.25, 0.3) is 0 Å². The van der Waals surface area contributed by atoms with Crippen LogP contribution < -0.4 is 5.73 Å². The molecule has 0 aliphatic heterocycles. The smallest absolute Gasteiger partial charge is 0.00714 e. The average molecular weight is 215 g/mol. The summed E-state index contributed by atoms with van der Waals surface area (Å²) < 4.78 is 0. The van der Waals surface area contributed by atoms with Gasteiger partial charge in [-0.25, -0.2) is 0 Å². The second kappa shape index (κ2) is 4.21. The van der Waals surface area contributed by atoms with Crippen LogP contribution in [0.1, 0.15) is 55.1 Å². The third kappa shape index (κ3) is 1.78. The highest BCUT2D eigenvalue weighted by atomic mass is 14.5. The van der Waals surface area contributed by atoms with Crippen molar-refractivity contribution in [3.05, 3.63) is 35.4 Å². The Morgan fingerprint density at radius 2 is 1.75 bits per heavy atom. The average Bonchev–Trinajstić information content (AvgIpc) is 3.14. The van der Waals surface area contributed by atoms with Crippen molar-refractivity contribution in [3.8, 4) is 0 Å². The molecular formula is C15H21N. The summed E-state index contributed by atoms with van der Waals surface area (Å²) in [6, 6.07) is 9.10. The Bertz CT molecular complexity index is 367. The number of benzene rings is 1. The molecule has 1 heteroatoms. The first-order valence-electron chi connectivity index (χ1n) is 6.69. The van der Waals surface area contributed by atoms with Crippen LogP contribution in [0.3, 0.4) is 0 Å². The van der Waals surface area contributed by atoms with E-state index in [4.69, 9.17) is 5.73 Å². The van der Waals surface area contributed by atoms with Crippen molar-refractivity contribution in [1.82, 2.24) is 0 Å². The summed E-state index contributed by atoms with van der Waals surface area (Å²) in [6.45, 7) is 0.826. The normalized spacial score (nSPS) is 28.8. The first-order chi connectivity index (χ1) is 7.90. The van der Waals surface area contributed by atoms with Crippen LogP contribution in [0.2, 0.25) is 0 Å². The second-order valence-corrected chi connectivity index (χ2v) is 5.42. The molecule has 0 spiro atoms. The van der Waals surface area contributed by atoms with Crippen LogP contribution in [-0.4, -0.2) is 6.54 Å². The zero-order chi connectivity index (χ0) is 11.0. The lowest BCUT2D eigenvalue weighted by Gasteiger charge is -2.31. The SMILES string of the molecule is NCCC1CCC(C2CC2)c2ccccc21. The third-order valence-corrected chi connectivity index (χ3v) is 4.37. The van der Waals surface area contributed by atoms with Crippen molar-refractivity contribution >= 4 is 0 Å². The number of rotatable bonds is 3. The largest absolute Gasteiger partial charge is 0.330 e. The molecule has 0 heterocycles. The fourth-order valence-corrected chi connectivity index (χ4v) is 3.40. The Labute approximate surface area is 98.0 Å². The molecule has 16 heavy (non-hydrogen) atoms. The van der Waals surface area contributed by atoms with Gasteiger partial charge in [0.05, 0.1) is 0 Å². The highest BCUT2D eigenvalue weighted by Crippen LogP contribution is 2.51. The van der Waals surface area contributed by atoms with Crippen molar-refractivity contribution in [2.75, 3.05) is 6.54 Å². The van der Waals surface area contributed by atoms with Crippen LogP contribution in [0.4, 0.5) is 0 Å². The zero-order valence-corrected chi connectivity index (χ0v) is 9.86. The molecule has 1 aromatic carbocycles. The topological polar surface area (TPSA) is 26.0 Å². The maximum atomic E-state index is 5.72. The van der Waals surface area contributed by atoms with Crippen LogP contribution in [-0.2, 0) is 0 Å². The van der Waals surface area contributed by atoms with E-state index in [0.717, 1.165) is 30.7 Å². The molecule has 2 N–H and O–H groups in total. The lowest BCUT2D eigenvalue weighted by Crippen LogP contribution is -2.18. The highest BCUT2D eigenvalue weighted by molar-refractivity contribution is 5.36. The van der Waals surface area contributed by atoms with Gasteiger partial charge in [0.15, 0.2) is 0 Å². The highest BCUT2D eigenvalue weighted by Gasteiger charge is 2.36. The van der Waals surface area contributed by atoms with Crippen molar-refractivity contribution in [2.45, 2.75) is 43.9 Å². The Morgan fingerprint density at radius 3 is 2.44 bits per heavy atom. The zero-order valence-electron chi connectivity index (χ0n) is 9.86. The molecule has 2 atom stereocenters. The third-order valence-electron chi connectivity index (χ3n) is 4.37. The van der Waals surface area contributed by atoms with E-state index in [1.54, 1.807) is 11.1 Å². The summed E-state index contributed by atoms with van der Waals surface area (Å²) in [5.41, 5.74) is 8.98. The summed E-state index contributed by atoms with van der Waals surface area (Å²) >= 11 is 0. The van der Waals surface area contributed by atoms with Crippen molar-refractivity contribution in [3.63, 3.8) is 0 Å². The van der Waals surface area contributed by atoms with Gasteiger partial charge in [0.2, 0.25) is 0 Å². The fraction of sp³-hybridized carbons (Fsp3) is 0.600. The fourth-order valence-electron chi connectivity index (χ4n) is 3.40. The van der Waals surface area contributed by atoms with Gasteiger partial charge in [-0.2, -0.15) is 0 Å². The molecule has 86 valence electrons. The molecule has 0 bridgehead atoms. The van der Waals surface area contributed by atoms with Gasteiger partial charge < -0.3 is 5.73 Å². The van der Waals surface area contributed by atoms with Crippen LogP contribution in [0, 0.1) is 5.92 Å². The Hall–Kier alpha value is -0.820. The van der Waals surface area contributed by atoms with Gasteiger partial charge in [0.25, 0.3) is 0 Å². The molecule has 0 saturated heterocycles. The van der Waals surface area contributed by atoms with E-state index in [-0.39, 0.29) is 0 Å². The minimum Gasteiger partial charge on any atom is -0.330 e. The molecule has 1 aromatic rings. The number of nitrogens with two attached hydrogens (primary N) is 1. The minimum absolute atomic E-state index is 0.733. The van der Waals surface area contributed by atoms with Gasteiger partial charge >= 0.3 is 0 Å². The maximum absolute atomic E-state index is 5.72. The number of hydrogen-bond donors (Lipinski definition) is 1. The van der Waals surface area contributed by atoms with Gasteiger partial charge in [-0.1, -0.05) is 24.3 Å². The molecule has 0 amide bonds. The molecule has 2 aliphatic carbocycles. The molecular weight excluding hydrogens is 194 g/mol. The molecule has 3 rings (SSSR count). The Morgan fingerprint density at radius 1 is 1.00 bits per heavy atom. The van der Waals surface area contributed by atoms with E-state index in [0.29, 0.717) is 0 Å². The predicted molar refractivity (Wildman–Crippen MR) is 67.6 cm³/mol. The van der Waals surface area contributed by atoms with E-state index in [9.17, 15) is 0 Å². The first-order valence-corrected chi connectivity index (χ1v) is 6.69. The molecule has 1 saturated carbocycles. The quantitative estimate of drug-likeness (QED) is 0.821. The Kier molecular flexibility index (Phi) is 2.72. The van der Waals surface area contributed by atoms with Gasteiger partial charge in [-0.3, -0.25) is 0 Å². The molecule has 2 unspecified atom stereocenters. The summed E-state index contributed by atoms with van der Waals surface area (Å²) in [7, 11) is 0. The lowest BCUT2D eigenvalue weighted by molar-refractivity contribution is 0.438. The van der Waals surface area contributed by atoms with E-state index < -0.39 is 0 Å². The summed E-state index contributed by atoms with van der Waals surface area (Å²) in [5, 5.41) is 0. The van der Waals surface area contributed by atoms with Gasteiger partial charge in [-0.05, 0) is 67.5 Å². The number of fused-ring (bicyclic) bond motifs is 1. The summed E-state index contributed by atoms with van der Waals surface area (Å²) in [5.74, 6) is 2.60. The lowest BCUT2D eigenvalue weighted by atomic mass is 9.74. The molecule has 1 fully saturated rings. The van der Waals surface area contributed by atoms with E-state index >= 15 is 0 Å². The van der Waals surface area contributed by atoms with Gasteiger partial charge in [0.1, 0.15) is 0 Å². The maximum Gasteiger partial charge on any atom is -0.00714 e. The van der Waals surface area contributed by atoms with Gasteiger partial charge in [0, 0.05) is 0 Å². The monoisotopic (exact) mass is 215 g/mol. The molecule has 1 nitrogen and oxygen atoms in total. The van der Waals surface area contributed by atoms with E-state index in [2.05, 4.69) is 24.3 Å². The first kappa shape index (κ1) is 10.3. The number of hydrogen-bond acceptors (Lipinski definition) is 1. The summed E-state index contributed by atoms with van der Waals surface area (Å²) in [4.78, 5) is 0. The molecule has 0 radical (unpaired) electrons. The molecule has 0 aromatic heterocycles. The van der Waals surface area contributed by atoms with Crippen LogP contribution >= 0.6 is 0 Å². The Balaban J connectivity index is 1.92.